The third-order valence-electron chi connectivity index (χ3n) is 3.77. The van der Waals surface area contributed by atoms with Gasteiger partial charge in [0.1, 0.15) is 0 Å². The van der Waals surface area contributed by atoms with Crippen LogP contribution in [-0.4, -0.2) is 41.3 Å². The third-order valence-corrected chi connectivity index (χ3v) is 6.36. The topological polar surface area (TPSA) is 88.1 Å². The van der Waals surface area contributed by atoms with Gasteiger partial charge in [-0.1, -0.05) is 13.0 Å². The van der Waals surface area contributed by atoms with E-state index in [0.29, 0.717) is 16.3 Å². The molecule has 27 heavy (non-hydrogen) atoms. The molecule has 0 unspecified atom stereocenters. The summed E-state index contributed by atoms with van der Waals surface area (Å²) in [4.78, 5) is 12.8. The van der Waals surface area contributed by atoms with E-state index in [1.807, 2.05) is 0 Å². The second kappa shape index (κ2) is 7.85. The highest BCUT2D eigenvalue weighted by Crippen LogP contribution is 2.36. The number of hydrogen-bond donors (Lipinski definition) is 1. The molecule has 1 aromatic carbocycles. The summed E-state index contributed by atoms with van der Waals surface area (Å²) < 4.78 is 42.8. The first kappa shape index (κ1) is 19.6. The summed E-state index contributed by atoms with van der Waals surface area (Å²) in [6, 6.07) is 6.08. The quantitative estimate of drug-likeness (QED) is 0.606. The fourth-order valence-electron chi connectivity index (χ4n) is 2.26. The van der Waals surface area contributed by atoms with Crippen LogP contribution in [0.5, 0.6) is 0 Å². The van der Waals surface area contributed by atoms with Gasteiger partial charge in [0.2, 0.25) is 5.28 Å². The number of nitrogens with zero attached hydrogens (tertiary/aromatic N) is 4. The Morgan fingerprint density at radius 1 is 1.30 bits per heavy atom. The Bertz CT molecular complexity index is 1070. The van der Waals surface area contributed by atoms with Crippen LogP contribution in [0.3, 0.4) is 0 Å². The molecule has 0 aliphatic carbocycles. The zero-order chi connectivity index (χ0) is 19.6. The molecule has 0 aliphatic rings. The van der Waals surface area contributed by atoms with Crippen LogP contribution >= 0.6 is 22.9 Å². The summed E-state index contributed by atoms with van der Waals surface area (Å²) in [7, 11) is -2.45. The molecule has 2 heterocycles. The molecule has 7 nitrogen and oxygen atoms in total. The van der Waals surface area contributed by atoms with E-state index >= 15 is 4.39 Å². The van der Waals surface area contributed by atoms with Gasteiger partial charge in [-0.2, -0.15) is 12.7 Å². The van der Waals surface area contributed by atoms with Gasteiger partial charge in [-0.3, -0.25) is 4.72 Å². The molecule has 1 N–H and O–H groups in total. The first-order chi connectivity index (χ1) is 12.8. The number of aromatic nitrogens is 3. The molecule has 2 aromatic heterocycles. The molecule has 0 bridgehead atoms. The summed E-state index contributed by atoms with van der Waals surface area (Å²) in [5.41, 5.74) is 2.40. The monoisotopic (exact) mass is 427 g/mol. The first-order valence-corrected chi connectivity index (χ1v) is 10.5. The molecule has 0 saturated heterocycles. The van der Waals surface area contributed by atoms with Crippen molar-refractivity contribution in [2.45, 2.75) is 6.92 Å². The van der Waals surface area contributed by atoms with E-state index < -0.39 is 16.0 Å². The van der Waals surface area contributed by atoms with Crippen LogP contribution < -0.4 is 4.72 Å². The van der Waals surface area contributed by atoms with Crippen molar-refractivity contribution in [1.29, 1.82) is 0 Å². The highest BCUT2D eigenvalue weighted by Gasteiger charge is 2.22. The van der Waals surface area contributed by atoms with E-state index in [2.05, 4.69) is 19.7 Å². The highest BCUT2D eigenvalue weighted by molar-refractivity contribution is 7.90. The summed E-state index contributed by atoms with van der Waals surface area (Å²) in [6.07, 6.45) is 1.50. The average Bonchev–Trinajstić information content (AvgIpc) is 3.12. The fraction of sp³-hybridized carbons (Fsp3) is 0.188. The number of thiazole rings is 1. The van der Waals surface area contributed by atoms with Crippen molar-refractivity contribution in [3.63, 3.8) is 0 Å². The highest BCUT2D eigenvalue weighted by atomic mass is 35.5. The second-order valence-electron chi connectivity index (χ2n) is 5.43. The van der Waals surface area contributed by atoms with E-state index in [-0.39, 0.29) is 23.1 Å². The Kier molecular flexibility index (Phi) is 5.70. The molecule has 3 aromatic rings. The van der Waals surface area contributed by atoms with Crippen LogP contribution in [0.4, 0.5) is 10.1 Å². The van der Waals surface area contributed by atoms with Gasteiger partial charge in [0.05, 0.1) is 27.5 Å². The van der Waals surface area contributed by atoms with Crippen molar-refractivity contribution >= 4 is 38.8 Å². The Morgan fingerprint density at radius 3 is 2.78 bits per heavy atom. The van der Waals surface area contributed by atoms with Gasteiger partial charge in [-0.15, -0.1) is 11.3 Å². The van der Waals surface area contributed by atoms with Gasteiger partial charge in [0, 0.05) is 25.4 Å². The van der Waals surface area contributed by atoms with Crippen molar-refractivity contribution in [2.75, 3.05) is 18.3 Å². The van der Waals surface area contributed by atoms with Gasteiger partial charge in [0.15, 0.2) is 5.82 Å². The lowest BCUT2D eigenvalue weighted by Crippen LogP contribution is -2.32. The zero-order valence-electron chi connectivity index (χ0n) is 14.3. The van der Waals surface area contributed by atoms with Crippen LogP contribution in [0, 0.1) is 5.82 Å². The Labute approximate surface area is 165 Å². The zero-order valence-corrected chi connectivity index (χ0v) is 16.7. The minimum absolute atomic E-state index is 0.0661. The molecule has 3 rings (SSSR count). The number of hydrogen-bond acceptors (Lipinski definition) is 6. The molecule has 0 atom stereocenters. The first-order valence-electron chi connectivity index (χ1n) is 7.79. The Hall–Kier alpha value is -2.14. The molecule has 11 heteroatoms. The van der Waals surface area contributed by atoms with Gasteiger partial charge in [0.25, 0.3) is 0 Å². The number of benzene rings is 1. The largest absolute Gasteiger partial charge is 0.301 e. The van der Waals surface area contributed by atoms with E-state index in [0.717, 1.165) is 4.31 Å². The molecular weight excluding hydrogens is 413 g/mol. The Balaban J connectivity index is 2.05. The van der Waals surface area contributed by atoms with Crippen LogP contribution in [0.2, 0.25) is 5.28 Å². The lowest BCUT2D eigenvalue weighted by Gasteiger charge is -2.17. The van der Waals surface area contributed by atoms with E-state index in [9.17, 15) is 8.42 Å². The minimum Gasteiger partial charge on any atom is -0.268 e. The number of halogens is 2. The van der Waals surface area contributed by atoms with Crippen molar-refractivity contribution in [3.05, 3.63) is 47.1 Å². The fourth-order valence-corrected chi connectivity index (χ4v) is 4.11. The predicted octanol–water partition coefficient (Wildman–Crippen LogP) is 3.67. The van der Waals surface area contributed by atoms with E-state index in [1.54, 1.807) is 24.6 Å². The lowest BCUT2D eigenvalue weighted by atomic mass is 10.1. The molecule has 0 amide bonds. The standard InChI is InChI=1S/C16H15ClFN5O2S2/c1-3-23(2)27(24,25)22-11-6-4-5-10(13(11)18)14-15(26-9-20-14)12-7-8-19-16(17)21-12/h4-9,22H,3H2,1-2H3. The summed E-state index contributed by atoms with van der Waals surface area (Å²) in [5.74, 6) is -0.724. The molecule has 142 valence electrons. The normalized spacial score (nSPS) is 11.7. The van der Waals surface area contributed by atoms with Crippen LogP contribution in [0.25, 0.3) is 21.8 Å². The van der Waals surface area contributed by atoms with Crippen molar-refractivity contribution in [2.24, 2.45) is 0 Å². The van der Waals surface area contributed by atoms with Crippen molar-refractivity contribution < 1.29 is 12.8 Å². The summed E-state index contributed by atoms with van der Waals surface area (Å²) >= 11 is 7.11. The molecule has 0 saturated carbocycles. The molecular formula is C16H15ClFN5O2S2. The maximum absolute atomic E-state index is 15.1. The summed E-state index contributed by atoms with van der Waals surface area (Å²) in [6.45, 7) is 1.93. The lowest BCUT2D eigenvalue weighted by molar-refractivity contribution is 0.491. The van der Waals surface area contributed by atoms with E-state index in [4.69, 9.17) is 11.6 Å². The SMILES string of the molecule is CCN(C)S(=O)(=O)Nc1cccc(-c2ncsc2-c2ccnc(Cl)n2)c1F. The van der Waals surface area contributed by atoms with Gasteiger partial charge >= 0.3 is 10.2 Å². The maximum Gasteiger partial charge on any atom is 0.301 e. The second-order valence-corrected chi connectivity index (χ2v) is 8.40. The van der Waals surface area contributed by atoms with Gasteiger partial charge in [-0.05, 0) is 29.8 Å². The molecule has 0 fully saturated rings. The molecule has 0 radical (unpaired) electrons. The average molecular weight is 428 g/mol. The van der Waals surface area contributed by atoms with Gasteiger partial charge < -0.3 is 0 Å². The predicted molar refractivity (Wildman–Crippen MR) is 104 cm³/mol. The number of rotatable bonds is 6. The smallest absolute Gasteiger partial charge is 0.268 e. The minimum atomic E-state index is -3.85. The van der Waals surface area contributed by atoms with Crippen molar-refractivity contribution in [1.82, 2.24) is 19.3 Å². The van der Waals surface area contributed by atoms with Gasteiger partial charge in [-0.25, -0.2) is 19.3 Å². The number of nitrogens with one attached hydrogen (secondary N) is 1. The van der Waals surface area contributed by atoms with Crippen LogP contribution in [0.1, 0.15) is 6.92 Å². The third kappa shape index (κ3) is 4.08. The molecule has 0 aliphatic heterocycles. The van der Waals surface area contributed by atoms with Crippen LogP contribution in [0.15, 0.2) is 36.0 Å². The number of anilines is 1. The van der Waals surface area contributed by atoms with Crippen molar-refractivity contribution in [3.8, 4) is 21.8 Å². The van der Waals surface area contributed by atoms with Crippen LogP contribution in [-0.2, 0) is 10.2 Å². The molecule has 0 spiro atoms. The van der Waals surface area contributed by atoms with E-state index in [1.165, 1.54) is 36.7 Å². The maximum atomic E-state index is 15.1. The summed E-state index contributed by atoms with van der Waals surface area (Å²) in [5, 5.41) is 0.0661. The Morgan fingerprint density at radius 2 is 2.07 bits per heavy atom.